The van der Waals surface area contributed by atoms with Crippen LogP contribution in [-0.4, -0.2) is 53.3 Å². The van der Waals surface area contributed by atoms with Gasteiger partial charge in [-0.05, 0) is 26.0 Å². The van der Waals surface area contributed by atoms with Crippen LogP contribution in [0.4, 0.5) is 17.5 Å². The monoisotopic (exact) mass is 380 g/mol. The second kappa shape index (κ2) is 7.85. The molecule has 28 heavy (non-hydrogen) atoms. The van der Waals surface area contributed by atoms with Crippen molar-refractivity contribution in [3.05, 3.63) is 41.9 Å². The lowest BCUT2D eigenvalue weighted by atomic mass is 10.1. The van der Waals surface area contributed by atoms with Crippen molar-refractivity contribution in [1.29, 1.82) is 0 Å². The van der Waals surface area contributed by atoms with Crippen molar-refractivity contribution < 1.29 is 9.47 Å². The highest BCUT2D eigenvalue weighted by molar-refractivity contribution is 5.70. The minimum Gasteiger partial charge on any atom is -0.496 e. The lowest BCUT2D eigenvalue weighted by Gasteiger charge is -2.28. The second-order valence-corrected chi connectivity index (χ2v) is 6.75. The summed E-state index contributed by atoms with van der Waals surface area (Å²) in [5.74, 6) is 2.97. The number of ether oxygens (including phenoxy) is 2. The van der Waals surface area contributed by atoms with E-state index in [1.807, 2.05) is 38.1 Å². The molecule has 2 N–H and O–H groups in total. The Morgan fingerprint density at radius 3 is 2.68 bits per heavy atom. The number of imidazole rings is 1. The largest absolute Gasteiger partial charge is 0.496 e. The van der Waals surface area contributed by atoms with E-state index in [-0.39, 0.29) is 0 Å². The number of methoxy groups -OCH3 is 1. The molecule has 3 aromatic rings. The highest BCUT2D eigenvalue weighted by Gasteiger charge is 2.15. The van der Waals surface area contributed by atoms with Crippen LogP contribution in [0.5, 0.6) is 5.75 Å². The number of hydrogen-bond donors (Lipinski definition) is 2. The summed E-state index contributed by atoms with van der Waals surface area (Å²) in [6.07, 6.45) is 1.80. The maximum atomic E-state index is 5.57. The Morgan fingerprint density at radius 2 is 1.96 bits per heavy atom. The number of hydrogen-bond acceptors (Lipinski definition) is 7. The van der Waals surface area contributed by atoms with Crippen molar-refractivity contribution in [1.82, 2.24) is 19.9 Å². The third kappa shape index (κ3) is 3.91. The van der Waals surface area contributed by atoms with Gasteiger partial charge in [-0.1, -0.05) is 0 Å². The van der Waals surface area contributed by atoms with Crippen LogP contribution in [0.15, 0.2) is 30.5 Å². The Labute approximate surface area is 163 Å². The Kier molecular flexibility index (Phi) is 5.12. The molecular formula is C20H24N6O2. The topological polar surface area (TPSA) is 88.2 Å². The zero-order chi connectivity index (χ0) is 19.5. The first-order valence-electron chi connectivity index (χ1n) is 9.28. The van der Waals surface area contributed by atoms with E-state index in [0.717, 1.165) is 66.3 Å². The van der Waals surface area contributed by atoms with Gasteiger partial charge in [0.1, 0.15) is 17.4 Å². The molecule has 0 radical (unpaired) electrons. The minimum absolute atomic E-state index is 0.560. The van der Waals surface area contributed by atoms with Crippen LogP contribution in [0, 0.1) is 13.8 Å². The molecule has 0 bridgehead atoms. The standard InChI is InChI=1S/C20H24N6O2/c1-13-10-18(26-6-8-28-9-7-26)25-20(23-13)24-15-4-5-16(17(11-15)27-3)19-21-12-14(2)22-19/h4-5,10-12H,6-9H2,1-3H3,(H,21,22)(H,23,24,25). The number of aryl methyl sites for hydroxylation is 2. The smallest absolute Gasteiger partial charge is 0.229 e. The first kappa shape index (κ1) is 18.2. The summed E-state index contributed by atoms with van der Waals surface area (Å²) in [4.78, 5) is 19.0. The van der Waals surface area contributed by atoms with Gasteiger partial charge in [0.2, 0.25) is 5.95 Å². The molecule has 1 fully saturated rings. The van der Waals surface area contributed by atoms with E-state index in [1.165, 1.54) is 0 Å². The zero-order valence-corrected chi connectivity index (χ0v) is 16.3. The van der Waals surface area contributed by atoms with Crippen LogP contribution < -0.4 is 15.0 Å². The van der Waals surface area contributed by atoms with E-state index in [0.29, 0.717) is 5.95 Å². The fourth-order valence-electron chi connectivity index (χ4n) is 3.21. The van der Waals surface area contributed by atoms with Gasteiger partial charge in [0.05, 0.1) is 25.9 Å². The van der Waals surface area contributed by atoms with Crippen LogP contribution in [0.1, 0.15) is 11.4 Å². The highest BCUT2D eigenvalue weighted by atomic mass is 16.5. The number of rotatable bonds is 5. The number of nitrogens with zero attached hydrogens (tertiary/aromatic N) is 4. The van der Waals surface area contributed by atoms with Gasteiger partial charge in [0.25, 0.3) is 0 Å². The molecular weight excluding hydrogens is 356 g/mol. The van der Waals surface area contributed by atoms with Crippen molar-refractivity contribution >= 4 is 17.5 Å². The lowest BCUT2D eigenvalue weighted by Crippen LogP contribution is -2.36. The van der Waals surface area contributed by atoms with Crippen LogP contribution in [0.25, 0.3) is 11.4 Å². The summed E-state index contributed by atoms with van der Waals surface area (Å²) in [5, 5.41) is 3.29. The number of aromatic nitrogens is 4. The summed E-state index contributed by atoms with van der Waals surface area (Å²) in [7, 11) is 1.65. The molecule has 3 heterocycles. The molecule has 146 valence electrons. The molecule has 1 saturated heterocycles. The molecule has 8 nitrogen and oxygen atoms in total. The van der Waals surface area contributed by atoms with Gasteiger partial charge in [-0.3, -0.25) is 0 Å². The highest BCUT2D eigenvalue weighted by Crippen LogP contribution is 2.31. The van der Waals surface area contributed by atoms with Crippen molar-refractivity contribution in [2.75, 3.05) is 43.6 Å². The van der Waals surface area contributed by atoms with E-state index >= 15 is 0 Å². The average molecular weight is 380 g/mol. The lowest BCUT2D eigenvalue weighted by molar-refractivity contribution is 0.122. The van der Waals surface area contributed by atoms with Gasteiger partial charge in [0.15, 0.2) is 0 Å². The SMILES string of the molecule is COc1cc(Nc2nc(C)cc(N3CCOCC3)n2)ccc1-c1ncc(C)[nH]1. The van der Waals surface area contributed by atoms with Gasteiger partial charge in [0, 0.05) is 48.5 Å². The predicted octanol–water partition coefficient (Wildman–Crippen LogP) is 3.07. The normalized spacial score (nSPS) is 14.2. The Morgan fingerprint density at radius 1 is 1.14 bits per heavy atom. The number of morpholine rings is 1. The van der Waals surface area contributed by atoms with Gasteiger partial charge in [-0.2, -0.15) is 4.98 Å². The van der Waals surface area contributed by atoms with E-state index in [1.54, 1.807) is 13.3 Å². The molecule has 0 atom stereocenters. The number of anilines is 3. The average Bonchev–Trinajstić information content (AvgIpc) is 3.14. The maximum absolute atomic E-state index is 5.57. The number of benzene rings is 1. The van der Waals surface area contributed by atoms with Crippen molar-refractivity contribution in [3.63, 3.8) is 0 Å². The van der Waals surface area contributed by atoms with E-state index < -0.39 is 0 Å². The maximum Gasteiger partial charge on any atom is 0.229 e. The van der Waals surface area contributed by atoms with Crippen LogP contribution in [-0.2, 0) is 4.74 Å². The minimum atomic E-state index is 0.560. The first-order valence-corrected chi connectivity index (χ1v) is 9.28. The molecule has 0 unspecified atom stereocenters. The fourth-order valence-corrected chi connectivity index (χ4v) is 3.21. The molecule has 0 aliphatic carbocycles. The molecule has 1 aliphatic heterocycles. The molecule has 1 aliphatic rings. The number of nitrogens with one attached hydrogen (secondary N) is 2. The third-order valence-electron chi connectivity index (χ3n) is 4.59. The number of aromatic amines is 1. The van der Waals surface area contributed by atoms with Crippen LogP contribution in [0.3, 0.4) is 0 Å². The number of H-pyrrole nitrogens is 1. The molecule has 0 saturated carbocycles. The van der Waals surface area contributed by atoms with Crippen molar-refractivity contribution in [3.8, 4) is 17.1 Å². The second-order valence-electron chi connectivity index (χ2n) is 6.75. The predicted molar refractivity (Wildman–Crippen MR) is 108 cm³/mol. The van der Waals surface area contributed by atoms with E-state index in [4.69, 9.17) is 9.47 Å². The van der Waals surface area contributed by atoms with Gasteiger partial charge in [-0.25, -0.2) is 9.97 Å². The van der Waals surface area contributed by atoms with E-state index in [9.17, 15) is 0 Å². The van der Waals surface area contributed by atoms with Gasteiger partial charge >= 0.3 is 0 Å². The molecule has 1 aromatic carbocycles. The molecule has 8 heteroatoms. The van der Waals surface area contributed by atoms with Crippen molar-refractivity contribution in [2.24, 2.45) is 0 Å². The van der Waals surface area contributed by atoms with Crippen LogP contribution >= 0.6 is 0 Å². The fraction of sp³-hybridized carbons (Fsp3) is 0.350. The molecule has 0 spiro atoms. The van der Waals surface area contributed by atoms with Crippen LogP contribution in [0.2, 0.25) is 0 Å². The quantitative estimate of drug-likeness (QED) is 0.703. The Bertz CT molecular complexity index is 965. The van der Waals surface area contributed by atoms with Gasteiger partial charge < -0.3 is 24.7 Å². The first-order chi connectivity index (χ1) is 13.6. The van der Waals surface area contributed by atoms with Gasteiger partial charge in [-0.15, -0.1) is 0 Å². The van der Waals surface area contributed by atoms with Crippen molar-refractivity contribution in [2.45, 2.75) is 13.8 Å². The Hall–Kier alpha value is -3.13. The summed E-state index contributed by atoms with van der Waals surface area (Å²) >= 11 is 0. The zero-order valence-electron chi connectivity index (χ0n) is 16.3. The molecule has 0 amide bonds. The van der Waals surface area contributed by atoms with E-state index in [2.05, 4.69) is 30.2 Å². The third-order valence-corrected chi connectivity index (χ3v) is 4.59. The summed E-state index contributed by atoms with van der Waals surface area (Å²) < 4.78 is 11.0. The summed E-state index contributed by atoms with van der Waals surface area (Å²) in [6.45, 7) is 7.05. The summed E-state index contributed by atoms with van der Waals surface area (Å²) in [5.41, 5.74) is 3.67. The molecule has 4 rings (SSSR count). The molecule has 2 aromatic heterocycles. The summed E-state index contributed by atoms with van der Waals surface area (Å²) in [6, 6.07) is 7.86. The Balaban J connectivity index is 1.59.